The van der Waals surface area contributed by atoms with Crippen LogP contribution in [0.5, 0.6) is 0 Å². The van der Waals surface area contributed by atoms with Crippen LogP contribution in [0.25, 0.3) is 16.9 Å². The number of nitriles is 1. The number of hydrogen-bond donors (Lipinski definition) is 1. The Morgan fingerprint density at radius 3 is 2.48 bits per heavy atom. The number of ether oxygens (including phenoxy) is 1. The van der Waals surface area contributed by atoms with Crippen molar-refractivity contribution in [1.82, 2.24) is 19.2 Å². The fourth-order valence-corrected chi connectivity index (χ4v) is 5.77. The number of rotatable bonds is 11. The van der Waals surface area contributed by atoms with Crippen LogP contribution in [0.15, 0.2) is 59.7 Å². The van der Waals surface area contributed by atoms with E-state index in [0.29, 0.717) is 55.4 Å². The van der Waals surface area contributed by atoms with Gasteiger partial charge >= 0.3 is 0 Å². The van der Waals surface area contributed by atoms with Crippen LogP contribution in [0.4, 0.5) is 8.78 Å². The van der Waals surface area contributed by atoms with E-state index in [2.05, 4.69) is 23.1 Å². The van der Waals surface area contributed by atoms with Crippen molar-refractivity contribution in [3.8, 4) is 17.2 Å². The van der Waals surface area contributed by atoms with Gasteiger partial charge in [0.15, 0.2) is 0 Å². The molecule has 0 bridgehead atoms. The summed E-state index contributed by atoms with van der Waals surface area (Å²) in [5.74, 6) is 0.504. The summed E-state index contributed by atoms with van der Waals surface area (Å²) in [6, 6.07) is 17.5. The molecule has 1 N–H and O–H groups in total. The van der Waals surface area contributed by atoms with Gasteiger partial charge < -0.3 is 9.84 Å². The van der Waals surface area contributed by atoms with Crippen LogP contribution in [0.2, 0.25) is 0 Å². The third-order valence-corrected chi connectivity index (χ3v) is 8.10. The Labute approximate surface area is 243 Å². The normalized spacial score (nSPS) is 17.4. The number of fused-ring (bicyclic) bond motifs is 1. The van der Waals surface area contributed by atoms with Crippen LogP contribution < -0.4 is 5.56 Å². The summed E-state index contributed by atoms with van der Waals surface area (Å²) in [4.78, 5) is 18.6. The quantitative estimate of drug-likeness (QED) is 0.265. The first-order valence-electron chi connectivity index (χ1n) is 14.4. The number of hydrogen-bond acceptors (Lipinski definition) is 6. The van der Waals surface area contributed by atoms with Crippen molar-refractivity contribution in [3.05, 3.63) is 87.6 Å². The fourth-order valence-electron chi connectivity index (χ4n) is 5.77. The third-order valence-electron chi connectivity index (χ3n) is 8.10. The fraction of sp³-hybridized carbons (Fsp3) is 0.438. The van der Waals surface area contributed by atoms with Crippen LogP contribution >= 0.6 is 0 Å². The third kappa shape index (κ3) is 5.98. The van der Waals surface area contributed by atoms with Crippen molar-refractivity contribution in [2.24, 2.45) is 0 Å². The minimum Gasteiger partial charge on any atom is -0.382 e. The molecule has 5 rings (SSSR count). The molecular formula is C32H35F2N5O3. The molecule has 42 heavy (non-hydrogen) atoms. The van der Waals surface area contributed by atoms with Gasteiger partial charge in [-0.1, -0.05) is 55.8 Å². The molecular weight excluding hydrogens is 540 g/mol. The molecule has 8 nitrogen and oxygen atoms in total. The molecule has 1 fully saturated rings. The van der Waals surface area contributed by atoms with E-state index in [4.69, 9.17) is 4.74 Å². The van der Waals surface area contributed by atoms with E-state index >= 15 is 0 Å². The van der Waals surface area contributed by atoms with E-state index in [1.807, 2.05) is 42.5 Å². The average molecular weight is 576 g/mol. The summed E-state index contributed by atoms with van der Waals surface area (Å²) in [7, 11) is 0. The lowest BCUT2D eigenvalue weighted by molar-refractivity contribution is -0.102. The zero-order chi connectivity index (χ0) is 29.7. The maximum absolute atomic E-state index is 14.2. The average Bonchev–Trinajstić information content (AvgIpc) is 3.52. The SMILES string of the molecule is CCCc1c(Cc2ccc(-c3ccccc3C#N)cc2)c(=O)n([C@H]2CC[C@H](OCC(O)(CF)CF)CC2)c2ncnn12. The topological polar surface area (TPSA) is 105 Å². The monoisotopic (exact) mass is 575 g/mol. The number of benzene rings is 2. The molecule has 220 valence electrons. The highest BCUT2D eigenvalue weighted by molar-refractivity contribution is 5.70. The number of nitrogens with zero attached hydrogens (tertiary/aromatic N) is 5. The van der Waals surface area contributed by atoms with E-state index in [-0.39, 0.29) is 17.7 Å². The summed E-state index contributed by atoms with van der Waals surface area (Å²) >= 11 is 0. The number of aliphatic hydroxyl groups is 1. The Balaban J connectivity index is 1.42. The molecule has 0 amide bonds. The maximum atomic E-state index is 14.2. The van der Waals surface area contributed by atoms with E-state index in [0.717, 1.165) is 28.8 Å². The minimum atomic E-state index is -2.11. The van der Waals surface area contributed by atoms with Crippen molar-refractivity contribution in [3.63, 3.8) is 0 Å². The van der Waals surface area contributed by atoms with Gasteiger partial charge in [0.1, 0.15) is 25.3 Å². The zero-order valence-electron chi connectivity index (χ0n) is 23.7. The summed E-state index contributed by atoms with van der Waals surface area (Å²) in [5, 5.41) is 23.9. The first-order valence-corrected chi connectivity index (χ1v) is 14.4. The number of aryl methyl sites for hydroxylation is 1. The van der Waals surface area contributed by atoms with Crippen molar-refractivity contribution < 1.29 is 18.6 Å². The highest BCUT2D eigenvalue weighted by Gasteiger charge is 2.32. The molecule has 2 heterocycles. The largest absolute Gasteiger partial charge is 0.382 e. The molecule has 2 aromatic heterocycles. The first-order chi connectivity index (χ1) is 20.4. The number of halogens is 2. The van der Waals surface area contributed by atoms with Gasteiger partial charge in [0, 0.05) is 18.0 Å². The van der Waals surface area contributed by atoms with Crippen molar-refractivity contribution >= 4 is 5.78 Å². The lowest BCUT2D eigenvalue weighted by atomic mass is 9.92. The van der Waals surface area contributed by atoms with Gasteiger partial charge in [0.25, 0.3) is 5.56 Å². The zero-order valence-corrected chi connectivity index (χ0v) is 23.7. The van der Waals surface area contributed by atoms with Gasteiger partial charge in [-0.15, -0.1) is 0 Å². The van der Waals surface area contributed by atoms with Crippen LogP contribution in [0, 0.1) is 11.3 Å². The van der Waals surface area contributed by atoms with E-state index in [1.54, 1.807) is 15.1 Å². The smallest absolute Gasteiger partial charge is 0.259 e. The maximum Gasteiger partial charge on any atom is 0.259 e. The van der Waals surface area contributed by atoms with Gasteiger partial charge in [0.05, 0.1) is 30.0 Å². The minimum absolute atomic E-state index is 0.0912. The highest BCUT2D eigenvalue weighted by Crippen LogP contribution is 2.32. The molecule has 0 unspecified atom stereocenters. The molecule has 0 radical (unpaired) electrons. The van der Waals surface area contributed by atoms with Crippen LogP contribution in [0.1, 0.15) is 67.5 Å². The second-order valence-corrected chi connectivity index (χ2v) is 11.1. The highest BCUT2D eigenvalue weighted by atomic mass is 19.1. The van der Waals surface area contributed by atoms with Gasteiger partial charge in [-0.3, -0.25) is 9.36 Å². The molecule has 1 aliphatic rings. The summed E-state index contributed by atoms with van der Waals surface area (Å²) in [6.45, 7) is -0.752. The van der Waals surface area contributed by atoms with E-state index in [9.17, 15) is 23.9 Å². The predicted molar refractivity (Wildman–Crippen MR) is 155 cm³/mol. The lowest BCUT2D eigenvalue weighted by Gasteiger charge is -2.32. The van der Waals surface area contributed by atoms with Crippen LogP contribution in [-0.4, -0.2) is 55.9 Å². The Morgan fingerprint density at radius 2 is 1.81 bits per heavy atom. The van der Waals surface area contributed by atoms with Gasteiger partial charge in [-0.05, 0) is 54.9 Å². The predicted octanol–water partition coefficient (Wildman–Crippen LogP) is 5.14. The van der Waals surface area contributed by atoms with Gasteiger partial charge in [-0.25, -0.2) is 13.3 Å². The summed E-state index contributed by atoms with van der Waals surface area (Å²) < 4.78 is 35.2. The van der Waals surface area contributed by atoms with Crippen molar-refractivity contribution in [1.29, 1.82) is 5.26 Å². The summed E-state index contributed by atoms with van der Waals surface area (Å²) in [5.41, 5.74) is 2.70. The van der Waals surface area contributed by atoms with Gasteiger partial charge in [-0.2, -0.15) is 15.3 Å². The molecule has 1 aliphatic carbocycles. The van der Waals surface area contributed by atoms with Crippen LogP contribution in [0.3, 0.4) is 0 Å². The van der Waals surface area contributed by atoms with E-state index in [1.165, 1.54) is 6.33 Å². The summed E-state index contributed by atoms with van der Waals surface area (Å²) in [6.07, 6.45) is 5.57. The molecule has 2 aromatic carbocycles. The molecule has 4 aromatic rings. The first kappa shape index (κ1) is 29.5. The number of alkyl halides is 2. The molecule has 0 spiro atoms. The Morgan fingerprint density at radius 1 is 1.10 bits per heavy atom. The second kappa shape index (κ2) is 12.9. The Hall–Kier alpha value is -3.94. The van der Waals surface area contributed by atoms with Crippen LogP contribution in [-0.2, 0) is 17.6 Å². The standard InChI is InChI=1S/C32H35F2N5O3/c1-2-5-29-28(16-22-8-10-23(11-9-22)27-7-4-3-6-24(27)17-35)30(40)38(31-36-21-37-39(29)31)25-12-14-26(15-13-25)42-20-32(41,18-33)19-34/h3-4,6-11,21,25-26,41H,2,5,12-16,18-20H2,1H3/t25-,26-. The van der Waals surface area contributed by atoms with Crippen molar-refractivity contribution in [2.45, 2.75) is 69.6 Å². The molecule has 0 atom stereocenters. The lowest BCUT2D eigenvalue weighted by Crippen LogP contribution is -2.41. The number of aromatic nitrogens is 4. The molecule has 0 saturated heterocycles. The Kier molecular flexibility index (Phi) is 9.09. The van der Waals surface area contributed by atoms with Gasteiger partial charge in [0.2, 0.25) is 5.78 Å². The second-order valence-electron chi connectivity index (χ2n) is 11.1. The molecule has 10 heteroatoms. The van der Waals surface area contributed by atoms with Crippen molar-refractivity contribution in [2.75, 3.05) is 20.0 Å². The Bertz CT molecular complexity index is 1610. The van der Waals surface area contributed by atoms with E-state index < -0.39 is 25.6 Å². The molecule has 1 saturated carbocycles. The molecule has 0 aliphatic heterocycles.